The van der Waals surface area contributed by atoms with Gasteiger partial charge in [0.15, 0.2) is 0 Å². The van der Waals surface area contributed by atoms with Crippen LogP contribution in [-0.4, -0.2) is 12.6 Å². The van der Waals surface area contributed by atoms with Gasteiger partial charge < -0.3 is 0 Å². The molecule has 0 unspecified atom stereocenters. The quantitative estimate of drug-likeness (QED) is 0.495. The van der Waals surface area contributed by atoms with Gasteiger partial charge in [0.05, 0.1) is 0 Å². The SMILES string of the molecule is C=CCCCCCC.O=S(=O)=O. The first-order valence-electron chi connectivity index (χ1n) is 4.02. The molecule has 72 valence electrons. The summed E-state index contributed by atoms with van der Waals surface area (Å²) >= 11 is 0. The minimum Gasteiger partial charge on any atom is -0.142 e. The second-order valence-corrected chi connectivity index (χ2v) is 2.75. The van der Waals surface area contributed by atoms with Crippen molar-refractivity contribution in [3.63, 3.8) is 0 Å². The van der Waals surface area contributed by atoms with E-state index >= 15 is 0 Å². The van der Waals surface area contributed by atoms with Crippen molar-refractivity contribution < 1.29 is 12.6 Å². The third kappa shape index (κ3) is 34.4. The van der Waals surface area contributed by atoms with Gasteiger partial charge in [0.25, 0.3) is 0 Å². The fourth-order valence-electron chi connectivity index (χ4n) is 0.715. The minimum atomic E-state index is -3.11. The zero-order valence-corrected chi connectivity index (χ0v) is 8.27. The Morgan fingerprint density at radius 2 is 1.67 bits per heavy atom. The highest BCUT2D eigenvalue weighted by Gasteiger charge is 1.81. The molecule has 0 aromatic rings. The standard InChI is InChI=1S/C8H16.O3S/c1-3-5-7-8-6-4-2;1-4(2)3/h3H,1,4-8H2,2H3;. The predicted octanol–water partition coefficient (Wildman–Crippen LogP) is 2.14. The first-order chi connectivity index (χ1) is 5.65. The van der Waals surface area contributed by atoms with Crippen LogP contribution in [0.2, 0.25) is 0 Å². The summed E-state index contributed by atoms with van der Waals surface area (Å²) in [5, 5.41) is 0. The third-order valence-electron chi connectivity index (χ3n) is 1.26. The molecule has 0 aliphatic rings. The van der Waals surface area contributed by atoms with Gasteiger partial charge in [0.1, 0.15) is 0 Å². The van der Waals surface area contributed by atoms with Crippen molar-refractivity contribution in [2.45, 2.75) is 39.0 Å². The molecular weight excluding hydrogens is 176 g/mol. The highest BCUT2D eigenvalue weighted by molar-refractivity contribution is 7.59. The van der Waals surface area contributed by atoms with E-state index in [4.69, 9.17) is 12.6 Å². The van der Waals surface area contributed by atoms with Crippen LogP contribution in [0.1, 0.15) is 39.0 Å². The van der Waals surface area contributed by atoms with Crippen molar-refractivity contribution in [3.8, 4) is 0 Å². The van der Waals surface area contributed by atoms with Crippen molar-refractivity contribution in [2.75, 3.05) is 0 Å². The monoisotopic (exact) mass is 192 g/mol. The molecule has 0 heterocycles. The summed E-state index contributed by atoms with van der Waals surface area (Å²) in [4.78, 5) is 0. The van der Waals surface area contributed by atoms with E-state index in [-0.39, 0.29) is 0 Å². The van der Waals surface area contributed by atoms with Crippen molar-refractivity contribution >= 4 is 10.6 Å². The largest absolute Gasteiger partial charge is 0.425 e. The predicted molar refractivity (Wildman–Crippen MR) is 48.7 cm³/mol. The summed E-state index contributed by atoms with van der Waals surface area (Å²) in [6.45, 7) is 5.89. The van der Waals surface area contributed by atoms with Gasteiger partial charge >= 0.3 is 10.6 Å². The van der Waals surface area contributed by atoms with Crippen molar-refractivity contribution in [3.05, 3.63) is 12.7 Å². The summed E-state index contributed by atoms with van der Waals surface area (Å²) in [7, 11) is -3.11. The average Bonchev–Trinajstić information content (AvgIpc) is 1.97. The van der Waals surface area contributed by atoms with Crippen molar-refractivity contribution in [1.82, 2.24) is 0 Å². The fraction of sp³-hybridized carbons (Fsp3) is 0.750. The molecule has 0 aliphatic heterocycles. The molecule has 0 fully saturated rings. The topological polar surface area (TPSA) is 51.2 Å². The Kier molecular flexibility index (Phi) is 15.1. The normalized spacial score (nSPS) is 8.08. The Morgan fingerprint density at radius 1 is 1.17 bits per heavy atom. The number of hydrogen-bond donors (Lipinski definition) is 0. The summed E-state index contributed by atoms with van der Waals surface area (Å²) in [5.74, 6) is 0. The second-order valence-electron chi connectivity index (χ2n) is 2.34. The first kappa shape index (κ1) is 13.9. The number of allylic oxidation sites excluding steroid dienone is 1. The first-order valence-corrected chi connectivity index (χ1v) is 5.02. The van der Waals surface area contributed by atoms with Crippen LogP contribution in [0.3, 0.4) is 0 Å². The third-order valence-corrected chi connectivity index (χ3v) is 1.26. The maximum absolute atomic E-state index is 8.44. The molecule has 4 heteroatoms. The zero-order chi connectivity index (χ0) is 9.82. The zero-order valence-electron chi connectivity index (χ0n) is 7.45. The molecule has 3 nitrogen and oxygen atoms in total. The Morgan fingerprint density at radius 3 is 2.00 bits per heavy atom. The maximum Gasteiger partial charge on any atom is 0.425 e. The summed E-state index contributed by atoms with van der Waals surface area (Å²) in [5.41, 5.74) is 0. The number of rotatable bonds is 5. The lowest BCUT2D eigenvalue weighted by atomic mass is 10.2. The van der Waals surface area contributed by atoms with E-state index in [2.05, 4.69) is 13.5 Å². The second kappa shape index (κ2) is 13.0. The fourth-order valence-corrected chi connectivity index (χ4v) is 0.715. The van der Waals surface area contributed by atoms with E-state index < -0.39 is 10.6 Å². The van der Waals surface area contributed by atoms with Gasteiger partial charge in [-0.15, -0.1) is 19.2 Å². The lowest BCUT2D eigenvalue weighted by Crippen LogP contribution is -1.71. The van der Waals surface area contributed by atoms with Crippen LogP contribution in [0.25, 0.3) is 0 Å². The minimum absolute atomic E-state index is 1.19. The molecule has 0 amide bonds. The Balaban J connectivity index is 0. The van der Waals surface area contributed by atoms with Crippen LogP contribution >= 0.6 is 0 Å². The van der Waals surface area contributed by atoms with Gasteiger partial charge in [-0.25, -0.2) is 0 Å². The van der Waals surface area contributed by atoms with Gasteiger partial charge in [0, 0.05) is 0 Å². The smallest absolute Gasteiger partial charge is 0.142 e. The Hall–Kier alpha value is -0.640. The number of hydrogen-bond acceptors (Lipinski definition) is 3. The molecule has 0 aromatic heterocycles. The molecule has 0 saturated carbocycles. The molecule has 0 aromatic carbocycles. The van der Waals surface area contributed by atoms with Crippen LogP contribution in [0.4, 0.5) is 0 Å². The maximum atomic E-state index is 8.44. The van der Waals surface area contributed by atoms with Crippen LogP contribution < -0.4 is 0 Å². The molecule has 0 rings (SSSR count). The highest BCUT2D eigenvalue weighted by Crippen LogP contribution is 2.01. The number of unbranched alkanes of at least 4 members (excludes halogenated alkanes) is 4. The van der Waals surface area contributed by atoms with Gasteiger partial charge in [-0.3, -0.25) is 0 Å². The molecule has 0 bridgehead atoms. The van der Waals surface area contributed by atoms with Gasteiger partial charge in [-0.05, 0) is 12.8 Å². The highest BCUT2D eigenvalue weighted by atomic mass is 32.2. The molecule has 0 radical (unpaired) electrons. The molecule has 0 aliphatic carbocycles. The van der Waals surface area contributed by atoms with E-state index in [1.165, 1.54) is 32.1 Å². The molecule has 0 atom stereocenters. The Bertz CT molecular complexity index is 173. The van der Waals surface area contributed by atoms with Gasteiger partial charge in [0.2, 0.25) is 0 Å². The van der Waals surface area contributed by atoms with E-state index in [0.717, 1.165) is 0 Å². The van der Waals surface area contributed by atoms with E-state index in [1.807, 2.05) is 6.08 Å². The van der Waals surface area contributed by atoms with Crippen molar-refractivity contribution in [2.24, 2.45) is 0 Å². The summed E-state index contributed by atoms with van der Waals surface area (Å²) in [6.07, 6.45) is 8.61. The van der Waals surface area contributed by atoms with Crippen LogP contribution in [0.15, 0.2) is 12.7 Å². The van der Waals surface area contributed by atoms with Gasteiger partial charge in [-0.2, -0.15) is 0 Å². The average molecular weight is 192 g/mol. The lowest BCUT2D eigenvalue weighted by Gasteiger charge is -1.91. The molecule has 0 N–H and O–H groups in total. The molecular formula is C8H16O3S. The van der Waals surface area contributed by atoms with E-state index in [9.17, 15) is 0 Å². The summed E-state index contributed by atoms with van der Waals surface area (Å²) in [6, 6.07) is 0. The van der Waals surface area contributed by atoms with Crippen LogP contribution in [0.5, 0.6) is 0 Å². The molecule has 12 heavy (non-hydrogen) atoms. The Labute approximate surface area is 75.6 Å². The molecule has 0 spiro atoms. The van der Waals surface area contributed by atoms with E-state index in [1.54, 1.807) is 0 Å². The lowest BCUT2D eigenvalue weighted by molar-refractivity contribution is 0.559. The van der Waals surface area contributed by atoms with E-state index in [0.29, 0.717) is 0 Å². The van der Waals surface area contributed by atoms with Crippen LogP contribution in [-0.2, 0) is 10.6 Å². The van der Waals surface area contributed by atoms with Crippen molar-refractivity contribution in [1.29, 1.82) is 0 Å². The molecule has 0 saturated heterocycles. The van der Waals surface area contributed by atoms with Gasteiger partial charge in [-0.1, -0.05) is 32.3 Å². The summed E-state index contributed by atoms with van der Waals surface area (Å²) < 4.78 is 25.3. The van der Waals surface area contributed by atoms with Crippen LogP contribution in [0, 0.1) is 0 Å².